The Kier molecular flexibility index (Phi) is 3.26. The summed E-state index contributed by atoms with van der Waals surface area (Å²) >= 11 is 8.07. The van der Waals surface area contributed by atoms with Crippen LogP contribution in [0.3, 0.4) is 0 Å². The van der Waals surface area contributed by atoms with Crippen molar-refractivity contribution < 1.29 is 0 Å². The number of thioether (sulfide) groups is 1. The van der Waals surface area contributed by atoms with Gasteiger partial charge < -0.3 is 0 Å². The van der Waals surface area contributed by atoms with Crippen molar-refractivity contribution in [1.29, 1.82) is 5.26 Å². The first kappa shape index (κ1) is 12.6. The predicted molar refractivity (Wildman–Crippen MR) is 79.7 cm³/mol. The van der Waals surface area contributed by atoms with Crippen molar-refractivity contribution in [2.75, 3.05) is 0 Å². The minimum absolute atomic E-state index is 0.312. The van der Waals surface area contributed by atoms with Crippen LogP contribution in [0.1, 0.15) is 35.1 Å². The van der Waals surface area contributed by atoms with Crippen LogP contribution in [-0.4, -0.2) is 0 Å². The minimum Gasteiger partial charge on any atom is -0.192 e. The molecule has 19 heavy (non-hydrogen) atoms. The fraction of sp³-hybridized carbons (Fsp3) is 0.188. The Morgan fingerprint density at radius 2 is 2.11 bits per heavy atom. The summed E-state index contributed by atoms with van der Waals surface area (Å²) in [7, 11) is 0. The molecule has 0 radical (unpaired) electrons. The zero-order valence-corrected chi connectivity index (χ0v) is 12.1. The number of hydrogen-bond donors (Lipinski definition) is 0. The maximum Gasteiger partial charge on any atom is 0.0991 e. The van der Waals surface area contributed by atoms with E-state index in [-0.39, 0.29) is 0 Å². The second-order valence-electron chi connectivity index (χ2n) is 4.69. The average Bonchev–Trinajstić information content (AvgIpc) is 2.57. The minimum atomic E-state index is 0.312. The number of nitrogens with zero attached hydrogens (tertiary/aromatic N) is 1. The Morgan fingerprint density at radius 3 is 2.89 bits per heavy atom. The second-order valence-corrected chi connectivity index (χ2v) is 6.09. The third-order valence-electron chi connectivity index (χ3n) is 3.57. The van der Waals surface area contributed by atoms with Gasteiger partial charge in [0.25, 0.3) is 0 Å². The topological polar surface area (TPSA) is 23.8 Å². The van der Waals surface area contributed by atoms with Crippen molar-refractivity contribution in [2.24, 2.45) is 0 Å². The molecule has 3 heteroatoms. The summed E-state index contributed by atoms with van der Waals surface area (Å²) in [5.41, 5.74) is 4.54. The monoisotopic (exact) mass is 285 g/mol. The van der Waals surface area contributed by atoms with Crippen LogP contribution in [0.2, 0.25) is 5.02 Å². The SMILES string of the molecule is CC1c2ccc(C#N)cc2CSc2c(Cl)cccc21. The van der Waals surface area contributed by atoms with Crippen molar-refractivity contribution in [1.82, 2.24) is 0 Å². The van der Waals surface area contributed by atoms with Gasteiger partial charge in [0.05, 0.1) is 16.7 Å². The molecule has 1 unspecified atom stereocenters. The van der Waals surface area contributed by atoms with Crippen LogP contribution < -0.4 is 0 Å². The summed E-state index contributed by atoms with van der Waals surface area (Å²) in [5, 5.41) is 9.84. The van der Waals surface area contributed by atoms with Crippen molar-refractivity contribution in [3.63, 3.8) is 0 Å². The number of fused-ring (bicyclic) bond motifs is 2. The van der Waals surface area contributed by atoms with Gasteiger partial charge in [-0.3, -0.25) is 0 Å². The lowest BCUT2D eigenvalue weighted by molar-refractivity contribution is 0.890. The van der Waals surface area contributed by atoms with Crippen LogP contribution in [0.5, 0.6) is 0 Å². The van der Waals surface area contributed by atoms with Crippen LogP contribution >= 0.6 is 23.4 Å². The number of nitriles is 1. The average molecular weight is 286 g/mol. The molecular weight excluding hydrogens is 274 g/mol. The van der Waals surface area contributed by atoms with E-state index in [9.17, 15) is 0 Å². The van der Waals surface area contributed by atoms with Crippen LogP contribution in [0.15, 0.2) is 41.3 Å². The van der Waals surface area contributed by atoms with E-state index in [4.69, 9.17) is 16.9 Å². The van der Waals surface area contributed by atoms with E-state index >= 15 is 0 Å². The van der Waals surface area contributed by atoms with Crippen LogP contribution in [0, 0.1) is 11.3 Å². The molecule has 1 aliphatic heterocycles. The highest BCUT2D eigenvalue weighted by molar-refractivity contribution is 7.98. The Morgan fingerprint density at radius 1 is 1.26 bits per heavy atom. The summed E-state index contributed by atoms with van der Waals surface area (Å²) in [6.07, 6.45) is 0. The lowest BCUT2D eigenvalue weighted by Gasteiger charge is -2.15. The predicted octanol–water partition coefficient (Wildman–Crippen LogP) is 4.97. The van der Waals surface area contributed by atoms with E-state index in [1.165, 1.54) is 21.6 Å². The summed E-state index contributed by atoms with van der Waals surface area (Å²) in [4.78, 5) is 1.17. The van der Waals surface area contributed by atoms with Gasteiger partial charge in [-0.2, -0.15) is 5.26 Å². The number of hydrogen-bond acceptors (Lipinski definition) is 2. The van der Waals surface area contributed by atoms with Crippen molar-refractivity contribution in [2.45, 2.75) is 23.5 Å². The molecule has 3 rings (SSSR count). The second kappa shape index (κ2) is 4.92. The van der Waals surface area contributed by atoms with Gasteiger partial charge in [-0.05, 0) is 34.9 Å². The first-order valence-corrected chi connectivity index (χ1v) is 7.51. The smallest absolute Gasteiger partial charge is 0.0991 e. The van der Waals surface area contributed by atoms with E-state index in [0.717, 1.165) is 16.3 Å². The molecule has 2 aromatic rings. The van der Waals surface area contributed by atoms with Gasteiger partial charge in [0.15, 0.2) is 0 Å². The summed E-state index contributed by atoms with van der Waals surface area (Å²) in [6.45, 7) is 2.20. The zero-order chi connectivity index (χ0) is 13.4. The van der Waals surface area contributed by atoms with Crippen molar-refractivity contribution >= 4 is 23.4 Å². The molecule has 0 saturated carbocycles. The summed E-state index contributed by atoms with van der Waals surface area (Å²) in [6, 6.07) is 14.3. The van der Waals surface area contributed by atoms with E-state index in [1.54, 1.807) is 11.8 Å². The molecular formula is C16H12ClNS. The lowest BCUT2D eigenvalue weighted by atomic mass is 9.89. The highest BCUT2D eigenvalue weighted by Gasteiger charge is 2.22. The normalized spacial score (nSPS) is 17.0. The maximum absolute atomic E-state index is 9.02. The molecule has 0 amide bonds. The molecule has 1 atom stereocenters. The van der Waals surface area contributed by atoms with Crippen molar-refractivity contribution in [3.05, 3.63) is 63.7 Å². The zero-order valence-electron chi connectivity index (χ0n) is 10.5. The van der Waals surface area contributed by atoms with Gasteiger partial charge >= 0.3 is 0 Å². The molecule has 0 fully saturated rings. The number of rotatable bonds is 0. The number of benzene rings is 2. The first-order chi connectivity index (χ1) is 9.20. The highest BCUT2D eigenvalue weighted by atomic mass is 35.5. The Balaban J connectivity index is 2.17. The molecule has 0 aliphatic carbocycles. The van der Waals surface area contributed by atoms with Crippen molar-refractivity contribution in [3.8, 4) is 6.07 Å². The molecule has 94 valence electrons. The van der Waals surface area contributed by atoms with Gasteiger partial charge in [0.2, 0.25) is 0 Å². The molecule has 1 heterocycles. The third-order valence-corrected chi connectivity index (χ3v) is 5.20. The molecule has 1 nitrogen and oxygen atoms in total. The fourth-order valence-electron chi connectivity index (χ4n) is 2.56. The van der Waals surface area contributed by atoms with Gasteiger partial charge in [0.1, 0.15) is 0 Å². The van der Waals surface area contributed by atoms with Gasteiger partial charge in [-0.15, -0.1) is 11.8 Å². The Hall–Kier alpha value is -1.43. The van der Waals surface area contributed by atoms with Gasteiger partial charge in [0, 0.05) is 16.6 Å². The lowest BCUT2D eigenvalue weighted by Crippen LogP contribution is -1.99. The third kappa shape index (κ3) is 2.14. The first-order valence-electron chi connectivity index (χ1n) is 6.15. The fourth-order valence-corrected chi connectivity index (χ4v) is 4.07. The van der Waals surface area contributed by atoms with E-state index in [2.05, 4.69) is 25.1 Å². The van der Waals surface area contributed by atoms with E-state index in [1.807, 2.05) is 24.3 Å². The van der Waals surface area contributed by atoms with Crippen LogP contribution in [0.25, 0.3) is 0 Å². The molecule has 0 saturated heterocycles. The molecule has 1 aliphatic rings. The highest BCUT2D eigenvalue weighted by Crippen LogP contribution is 2.43. The maximum atomic E-state index is 9.02. The van der Waals surface area contributed by atoms with E-state index in [0.29, 0.717) is 5.92 Å². The quantitative estimate of drug-likeness (QED) is 0.682. The molecule has 0 N–H and O–H groups in total. The molecule has 0 spiro atoms. The Labute approximate surface area is 122 Å². The van der Waals surface area contributed by atoms with Crippen LogP contribution in [-0.2, 0) is 5.75 Å². The summed E-state index contributed by atoms with van der Waals surface area (Å²) < 4.78 is 0. The largest absolute Gasteiger partial charge is 0.192 e. The standard InChI is InChI=1S/C16H12ClNS/c1-10-13-6-5-11(8-18)7-12(13)9-19-16-14(10)3-2-4-15(16)17/h2-7,10H,9H2,1H3. The van der Waals surface area contributed by atoms with Crippen LogP contribution in [0.4, 0.5) is 0 Å². The molecule has 0 bridgehead atoms. The summed E-state index contributed by atoms with van der Waals surface area (Å²) in [5.74, 6) is 1.18. The number of halogens is 1. The molecule has 0 aromatic heterocycles. The Bertz CT molecular complexity index is 688. The van der Waals surface area contributed by atoms with Gasteiger partial charge in [-0.25, -0.2) is 0 Å². The molecule has 2 aromatic carbocycles. The van der Waals surface area contributed by atoms with Gasteiger partial charge in [-0.1, -0.05) is 36.7 Å². The van der Waals surface area contributed by atoms with E-state index < -0.39 is 0 Å².